The minimum Gasteiger partial charge on any atom is -0.549 e. The van der Waals surface area contributed by atoms with Gasteiger partial charge >= 0.3 is 6.18 Å². The number of carbonyl (C=O) groups excluding carboxylic acids is 2. The van der Waals surface area contributed by atoms with Gasteiger partial charge in [-0.2, -0.15) is 13.2 Å². The lowest BCUT2D eigenvalue weighted by Crippen LogP contribution is -2.37. The molecule has 1 aliphatic heterocycles. The van der Waals surface area contributed by atoms with Crippen molar-refractivity contribution < 1.29 is 42.4 Å². The van der Waals surface area contributed by atoms with Gasteiger partial charge in [0.15, 0.2) is 0 Å². The van der Waals surface area contributed by atoms with E-state index in [0.717, 1.165) is 63.8 Å². The molecular formula is C32H35F3N2O6S-2. The summed E-state index contributed by atoms with van der Waals surface area (Å²) < 4.78 is 42.9. The van der Waals surface area contributed by atoms with Crippen molar-refractivity contribution in [3.05, 3.63) is 71.3 Å². The van der Waals surface area contributed by atoms with Crippen molar-refractivity contribution >= 4 is 35.1 Å². The van der Waals surface area contributed by atoms with Crippen LogP contribution >= 0.6 is 11.8 Å². The largest absolute Gasteiger partial charge is 0.549 e. The molecule has 3 aromatic rings. The normalized spacial score (nSPS) is 12.8. The number of nitrogens with two attached hydrogens (primary N) is 1. The van der Waals surface area contributed by atoms with Crippen LogP contribution in [-0.2, 0) is 22.6 Å². The number of carboxylic acids is 2. The first-order valence-electron chi connectivity index (χ1n) is 14.1. The van der Waals surface area contributed by atoms with Crippen LogP contribution in [0.3, 0.4) is 0 Å². The summed E-state index contributed by atoms with van der Waals surface area (Å²) >= 11 is 1.55. The lowest BCUT2D eigenvalue weighted by Gasteiger charge is -2.37. The van der Waals surface area contributed by atoms with Crippen LogP contribution in [0.1, 0.15) is 55.2 Å². The molecule has 238 valence electrons. The molecule has 0 saturated heterocycles. The second-order valence-electron chi connectivity index (χ2n) is 9.99. The molecule has 1 aliphatic rings. The van der Waals surface area contributed by atoms with E-state index in [9.17, 15) is 23.1 Å². The second-order valence-corrected chi connectivity index (χ2v) is 11.0. The van der Waals surface area contributed by atoms with Crippen molar-refractivity contribution in [1.29, 1.82) is 0 Å². The standard InChI is InChI=1S/C30H36N2O4S.C2HF3O2/c1-4-5-6-10-17-32-23-13-15-25(35-2)22(19-31)28(23)37-29-24(32)14-16-26(36-3)27(29)21(30(33)34)18-20-11-8-7-9-12-20;3-2(4,5)1(6)7/h7-9,11-16,21H,4-6,10,17-19,31H2,1-3H3,(H,33,34);(H,6,7)/p-2. The number of carboxylic acid groups (broad SMARTS) is 2. The number of fused-ring (bicyclic) bond motifs is 2. The van der Waals surface area contributed by atoms with E-state index in [1.54, 1.807) is 26.0 Å². The molecule has 8 nitrogen and oxygen atoms in total. The van der Waals surface area contributed by atoms with E-state index < -0.39 is 24.0 Å². The molecule has 3 aromatic carbocycles. The van der Waals surface area contributed by atoms with Gasteiger partial charge in [0.2, 0.25) is 0 Å². The molecule has 0 radical (unpaired) electrons. The number of hydrogen-bond donors (Lipinski definition) is 1. The van der Waals surface area contributed by atoms with Crippen LogP contribution in [0.4, 0.5) is 24.5 Å². The fourth-order valence-electron chi connectivity index (χ4n) is 5.03. The molecule has 1 atom stereocenters. The van der Waals surface area contributed by atoms with Crippen molar-refractivity contribution in [2.24, 2.45) is 5.73 Å². The molecule has 1 heterocycles. The van der Waals surface area contributed by atoms with Gasteiger partial charge in [-0.25, -0.2) is 0 Å². The Balaban J connectivity index is 0.000000676. The van der Waals surface area contributed by atoms with Crippen LogP contribution in [0.5, 0.6) is 11.5 Å². The Labute approximate surface area is 259 Å². The fraction of sp³-hybridized carbons (Fsp3) is 0.375. The fourth-order valence-corrected chi connectivity index (χ4v) is 6.46. The van der Waals surface area contributed by atoms with Gasteiger partial charge in [-0.05, 0) is 42.7 Å². The second kappa shape index (κ2) is 15.7. The highest BCUT2D eigenvalue weighted by Gasteiger charge is 2.33. The van der Waals surface area contributed by atoms with Gasteiger partial charge in [-0.15, -0.1) is 0 Å². The Morgan fingerprint density at radius 2 is 1.50 bits per heavy atom. The van der Waals surface area contributed by atoms with Gasteiger partial charge in [-0.3, -0.25) is 0 Å². The molecule has 0 aromatic heterocycles. The first kappa shape index (κ1) is 34.6. The number of nitrogens with zero attached hydrogens (tertiary/aromatic N) is 1. The predicted octanol–water partition coefficient (Wildman–Crippen LogP) is 4.72. The Morgan fingerprint density at radius 1 is 0.909 bits per heavy atom. The van der Waals surface area contributed by atoms with E-state index in [2.05, 4.69) is 17.9 Å². The third-order valence-corrected chi connectivity index (χ3v) is 8.44. The summed E-state index contributed by atoms with van der Waals surface area (Å²) in [5, 5.41) is 21.4. The molecule has 2 N–H and O–H groups in total. The molecule has 0 saturated carbocycles. The van der Waals surface area contributed by atoms with Gasteiger partial charge in [0.1, 0.15) is 17.5 Å². The first-order valence-corrected chi connectivity index (χ1v) is 14.9. The third kappa shape index (κ3) is 8.17. The van der Waals surface area contributed by atoms with Gasteiger partial charge < -0.3 is 39.9 Å². The first-order chi connectivity index (χ1) is 21.0. The lowest BCUT2D eigenvalue weighted by molar-refractivity contribution is -0.344. The van der Waals surface area contributed by atoms with E-state index in [-0.39, 0.29) is 0 Å². The molecule has 0 fully saturated rings. The monoisotopic (exact) mass is 632 g/mol. The van der Waals surface area contributed by atoms with E-state index >= 15 is 0 Å². The summed E-state index contributed by atoms with van der Waals surface area (Å²) in [6.07, 6.45) is -0.399. The highest BCUT2D eigenvalue weighted by atomic mass is 32.2. The minimum atomic E-state index is -5.19. The number of halogens is 3. The lowest BCUT2D eigenvalue weighted by atomic mass is 9.90. The van der Waals surface area contributed by atoms with E-state index in [1.807, 2.05) is 48.5 Å². The van der Waals surface area contributed by atoms with Crippen molar-refractivity contribution in [1.82, 2.24) is 0 Å². The van der Waals surface area contributed by atoms with Crippen LogP contribution in [0, 0.1) is 0 Å². The van der Waals surface area contributed by atoms with Crippen LogP contribution < -0.4 is 30.3 Å². The number of unbranched alkanes of at least 4 members (excludes halogenated alkanes) is 3. The third-order valence-electron chi connectivity index (χ3n) is 7.14. The summed E-state index contributed by atoms with van der Waals surface area (Å²) in [7, 11) is 3.23. The number of ether oxygens (including phenoxy) is 2. The summed E-state index contributed by atoms with van der Waals surface area (Å²) in [6.45, 7) is 3.33. The average Bonchev–Trinajstić information content (AvgIpc) is 3.00. The molecule has 0 aliphatic carbocycles. The molecule has 44 heavy (non-hydrogen) atoms. The number of aliphatic carboxylic acids is 2. The summed E-state index contributed by atoms with van der Waals surface area (Å²) in [6, 6.07) is 17.6. The van der Waals surface area contributed by atoms with Crippen molar-refractivity contribution in [2.45, 2.75) is 67.5 Å². The molecule has 12 heteroatoms. The van der Waals surface area contributed by atoms with E-state index in [4.69, 9.17) is 25.1 Å². The number of anilines is 2. The van der Waals surface area contributed by atoms with E-state index in [1.165, 1.54) is 6.42 Å². The molecular weight excluding hydrogens is 597 g/mol. The quantitative estimate of drug-likeness (QED) is 0.282. The van der Waals surface area contributed by atoms with Crippen molar-refractivity contribution in [2.75, 3.05) is 25.7 Å². The van der Waals surface area contributed by atoms with Crippen molar-refractivity contribution in [3.8, 4) is 11.5 Å². The Kier molecular flexibility index (Phi) is 12.4. The minimum absolute atomic E-state index is 0.307. The topological polar surface area (TPSA) is 128 Å². The average molecular weight is 633 g/mol. The van der Waals surface area contributed by atoms with Gasteiger partial charge in [0.05, 0.1) is 25.6 Å². The molecule has 4 rings (SSSR count). The zero-order valence-corrected chi connectivity index (χ0v) is 25.6. The number of methoxy groups -OCH3 is 2. The summed E-state index contributed by atoms with van der Waals surface area (Å²) in [4.78, 5) is 25.6. The molecule has 0 spiro atoms. The molecule has 1 unspecified atom stereocenters. The molecule has 0 bridgehead atoms. The highest BCUT2D eigenvalue weighted by molar-refractivity contribution is 7.99. The van der Waals surface area contributed by atoms with Gasteiger partial charge in [-0.1, -0.05) is 68.3 Å². The summed E-state index contributed by atoms with van der Waals surface area (Å²) in [5.41, 5.74) is 10.8. The Bertz CT molecular complexity index is 1440. The SMILES string of the molecule is CCCCCCN1c2ccc(OC)c(CN)c2Sc2c1ccc(OC)c2C(Cc1ccccc1)C(=O)[O-].O=C([O-])C(F)(F)F. The number of carbonyl (C=O) groups is 2. The van der Waals surface area contributed by atoms with Crippen LogP contribution in [-0.4, -0.2) is 38.9 Å². The zero-order chi connectivity index (χ0) is 32.4. The maximum atomic E-state index is 12.6. The number of benzene rings is 3. The number of rotatable bonds is 12. The van der Waals surface area contributed by atoms with Gasteiger partial charge in [0, 0.05) is 45.9 Å². The maximum absolute atomic E-state index is 12.6. The summed E-state index contributed by atoms with van der Waals surface area (Å²) in [5.74, 6) is -3.74. The van der Waals surface area contributed by atoms with Crippen LogP contribution in [0.15, 0.2) is 64.4 Å². The van der Waals surface area contributed by atoms with Crippen molar-refractivity contribution in [3.63, 3.8) is 0 Å². The van der Waals surface area contributed by atoms with Gasteiger partial charge in [0.25, 0.3) is 0 Å². The number of alkyl halides is 3. The van der Waals surface area contributed by atoms with E-state index in [0.29, 0.717) is 24.3 Å². The Morgan fingerprint density at radius 3 is 2.02 bits per heavy atom. The van der Waals surface area contributed by atoms with Crippen LogP contribution in [0.2, 0.25) is 0 Å². The predicted molar refractivity (Wildman–Crippen MR) is 158 cm³/mol. The number of hydrogen-bond acceptors (Lipinski definition) is 9. The molecule has 0 amide bonds. The zero-order valence-electron chi connectivity index (χ0n) is 24.7. The smallest absolute Gasteiger partial charge is 0.430 e. The Hall–Kier alpha value is -3.90. The highest BCUT2D eigenvalue weighted by Crippen LogP contribution is 2.55. The maximum Gasteiger partial charge on any atom is 0.430 e. The van der Waals surface area contributed by atoms with Crippen LogP contribution in [0.25, 0.3) is 0 Å².